The Kier molecular flexibility index (Phi) is 6.47. The minimum Gasteiger partial charge on any atom is -0.497 e. The normalized spacial score (nSPS) is 16.4. The van der Waals surface area contributed by atoms with E-state index in [4.69, 9.17) is 4.74 Å². The van der Waals surface area contributed by atoms with Crippen molar-refractivity contribution in [2.45, 2.75) is 19.4 Å². The fourth-order valence-corrected chi connectivity index (χ4v) is 3.21. The monoisotopic (exact) mass is 385 g/mol. The van der Waals surface area contributed by atoms with Crippen LogP contribution in [0.4, 0.5) is 14.9 Å². The van der Waals surface area contributed by atoms with Gasteiger partial charge in [-0.3, -0.25) is 4.79 Å². The lowest BCUT2D eigenvalue weighted by molar-refractivity contribution is -0.126. The summed E-state index contributed by atoms with van der Waals surface area (Å²) in [6.45, 7) is 1.31. The zero-order valence-electron chi connectivity index (χ0n) is 15.8. The number of carbonyl (C=O) groups excluding carboxylic acids is 2. The van der Waals surface area contributed by atoms with Gasteiger partial charge in [-0.15, -0.1) is 0 Å². The van der Waals surface area contributed by atoms with Gasteiger partial charge >= 0.3 is 6.03 Å². The number of amides is 3. The third-order valence-electron chi connectivity index (χ3n) is 4.78. The molecule has 1 aliphatic rings. The minimum absolute atomic E-state index is 0.0943. The number of hydrogen-bond donors (Lipinski definition) is 2. The van der Waals surface area contributed by atoms with Gasteiger partial charge in [0.15, 0.2) is 0 Å². The fourth-order valence-electron chi connectivity index (χ4n) is 3.21. The van der Waals surface area contributed by atoms with Crippen LogP contribution in [0.2, 0.25) is 0 Å². The van der Waals surface area contributed by atoms with Gasteiger partial charge in [0.2, 0.25) is 5.91 Å². The summed E-state index contributed by atoms with van der Waals surface area (Å²) in [6, 6.07) is 12.9. The van der Waals surface area contributed by atoms with E-state index in [1.807, 2.05) is 0 Å². The Bertz CT molecular complexity index is 826. The number of piperidine rings is 1. The van der Waals surface area contributed by atoms with Gasteiger partial charge in [0, 0.05) is 31.4 Å². The average Bonchev–Trinajstić information content (AvgIpc) is 2.73. The molecule has 1 atom stereocenters. The minimum atomic E-state index is -0.306. The van der Waals surface area contributed by atoms with Crippen molar-refractivity contribution in [3.63, 3.8) is 0 Å². The molecule has 7 heteroatoms. The molecule has 1 saturated heterocycles. The first-order valence-corrected chi connectivity index (χ1v) is 9.27. The summed E-state index contributed by atoms with van der Waals surface area (Å²) in [6.07, 6.45) is 1.50. The lowest BCUT2D eigenvalue weighted by atomic mass is 9.97. The maximum absolute atomic E-state index is 13.0. The van der Waals surface area contributed by atoms with Crippen molar-refractivity contribution >= 4 is 17.6 Å². The van der Waals surface area contributed by atoms with Crippen molar-refractivity contribution < 1.29 is 18.7 Å². The van der Waals surface area contributed by atoms with Crippen LogP contribution >= 0.6 is 0 Å². The van der Waals surface area contributed by atoms with E-state index in [-0.39, 0.29) is 23.7 Å². The molecule has 0 bridgehead atoms. The number of nitrogens with zero attached hydrogens (tertiary/aromatic N) is 1. The van der Waals surface area contributed by atoms with E-state index in [0.29, 0.717) is 31.1 Å². The standard InChI is InChI=1S/C21H24FN3O3/c1-28-19-6-2-5-18(12-19)24-21(27)25-11-3-4-16(14-25)20(26)23-13-15-7-9-17(22)10-8-15/h2,5-10,12,16H,3-4,11,13-14H2,1H3,(H,23,26)(H,24,27)/t16-/m1/s1. The van der Waals surface area contributed by atoms with Gasteiger partial charge in [-0.05, 0) is 42.7 Å². The molecule has 2 N–H and O–H groups in total. The quantitative estimate of drug-likeness (QED) is 0.829. The predicted molar refractivity (Wildman–Crippen MR) is 105 cm³/mol. The fraction of sp³-hybridized carbons (Fsp3) is 0.333. The van der Waals surface area contributed by atoms with Gasteiger partial charge in [0.25, 0.3) is 0 Å². The second-order valence-corrected chi connectivity index (χ2v) is 6.79. The number of likely N-dealkylation sites (tertiary alicyclic amines) is 1. The average molecular weight is 385 g/mol. The molecule has 28 heavy (non-hydrogen) atoms. The summed E-state index contributed by atoms with van der Waals surface area (Å²) in [5.41, 5.74) is 1.48. The van der Waals surface area contributed by atoms with Gasteiger partial charge in [-0.2, -0.15) is 0 Å². The van der Waals surface area contributed by atoms with Crippen molar-refractivity contribution in [3.05, 3.63) is 59.9 Å². The molecule has 2 aromatic carbocycles. The number of rotatable bonds is 5. The van der Waals surface area contributed by atoms with Crippen LogP contribution < -0.4 is 15.4 Å². The number of hydrogen-bond acceptors (Lipinski definition) is 3. The van der Waals surface area contributed by atoms with E-state index in [1.165, 1.54) is 12.1 Å². The second-order valence-electron chi connectivity index (χ2n) is 6.79. The Hall–Kier alpha value is -3.09. The Balaban J connectivity index is 1.52. The summed E-state index contributed by atoms with van der Waals surface area (Å²) in [4.78, 5) is 26.7. The molecule has 0 unspecified atom stereocenters. The smallest absolute Gasteiger partial charge is 0.321 e. The van der Waals surface area contributed by atoms with Crippen LogP contribution in [-0.2, 0) is 11.3 Å². The van der Waals surface area contributed by atoms with Gasteiger partial charge in [-0.25, -0.2) is 9.18 Å². The summed E-state index contributed by atoms with van der Waals surface area (Å²) in [7, 11) is 1.57. The summed E-state index contributed by atoms with van der Waals surface area (Å²) in [5, 5.41) is 5.72. The summed E-state index contributed by atoms with van der Waals surface area (Å²) in [5.74, 6) is 0.00278. The first kappa shape index (κ1) is 19.7. The molecule has 2 aromatic rings. The SMILES string of the molecule is COc1cccc(NC(=O)N2CCC[C@@H](C(=O)NCc3ccc(F)cc3)C2)c1. The first-order valence-electron chi connectivity index (χ1n) is 9.27. The van der Waals surface area contributed by atoms with Crippen molar-refractivity contribution in [1.29, 1.82) is 0 Å². The number of nitrogens with one attached hydrogen (secondary N) is 2. The molecule has 6 nitrogen and oxygen atoms in total. The highest BCUT2D eigenvalue weighted by molar-refractivity contribution is 5.90. The van der Waals surface area contributed by atoms with Gasteiger partial charge in [0.05, 0.1) is 13.0 Å². The predicted octanol–water partition coefficient (Wildman–Crippen LogP) is 3.39. The van der Waals surface area contributed by atoms with Crippen LogP contribution in [0.3, 0.4) is 0 Å². The largest absolute Gasteiger partial charge is 0.497 e. The molecule has 0 saturated carbocycles. The van der Waals surface area contributed by atoms with Crippen molar-refractivity contribution in [1.82, 2.24) is 10.2 Å². The second kappa shape index (κ2) is 9.21. The van der Waals surface area contributed by atoms with Gasteiger partial charge in [0.1, 0.15) is 11.6 Å². The number of methoxy groups -OCH3 is 1. The Labute approximate surface area is 163 Å². The molecule has 0 radical (unpaired) electrons. The third-order valence-corrected chi connectivity index (χ3v) is 4.78. The highest BCUT2D eigenvalue weighted by Gasteiger charge is 2.28. The molecule has 0 spiro atoms. The van der Waals surface area contributed by atoms with Crippen molar-refractivity contribution in [2.75, 3.05) is 25.5 Å². The Morgan fingerprint density at radius 1 is 1.21 bits per heavy atom. The first-order chi connectivity index (χ1) is 13.5. The molecular formula is C21H24FN3O3. The lowest BCUT2D eigenvalue weighted by Gasteiger charge is -2.32. The topological polar surface area (TPSA) is 70.7 Å². The van der Waals surface area contributed by atoms with Crippen molar-refractivity contribution in [2.24, 2.45) is 5.92 Å². The summed E-state index contributed by atoms with van der Waals surface area (Å²) >= 11 is 0. The molecule has 1 aliphatic heterocycles. The maximum atomic E-state index is 13.0. The molecule has 0 aromatic heterocycles. The number of benzene rings is 2. The summed E-state index contributed by atoms with van der Waals surface area (Å²) < 4.78 is 18.1. The van der Waals surface area contributed by atoms with Gasteiger partial charge < -0.3 is 20.3 Å². The molecular weight excluding hydrogens is 361 g/mol. The lowest BCUT2D eigenvalue weighted by Crippen LogP contribution is -2.46. The molecule has 148 valence electrons. The van der Waals surface area contributed by atoms with Crippen LogP contribution in [0.25, 0.3) is 0 Å². The molecule has 3 rings (SSSR count). The van der Waals surface area contributed by atoms with E-state index >= 15 is 0 Å². The highest BCUT2D eigenvalue weighted by atomic mass is 19.1. The van der Waals surface area contributed by atoms with Crippen LogP contribution in [0.15, 0.2) is 48.5 Å². The van der Waals surface area contributed by atoms with Crippen LogP contribution in [0, 0.1) is 11.7 Å². The number of halogens is 1. The molecule has 1 heterocycles. The Morgan fingerprint density at radius 3 is 2.75 bits per heavy atom. The van der Waals surface area contributed by atoms with Gasteiger partial charge in [-0.1, -0.05) is 18.2 Å². The molecule has 3 amide bonds. The van der Waals surface area contributed by atoms with Crippen LogP contribution in [-0.4, -0.2) is 37.0 Å². The third kappa shape index (κ3) is 5.22. The van der Waals surface area contributed by atoms with Crippen LogP contribution in [0.1, 0.15) is 18.4 Å². The zero-order chi connectivity index (χ0) is 19.9. The van der Waals surface area contributed by atoms with E-state index in [2.05, 4.69) is 10.6 Å². The molecule has 1 fully saturated rings. The number of anilines is 1. The van der Waals surface area contributed by atoms with Crippen LogP contribution in [0.5, 0.6) is 5.75 Å². The number of carbonyl (C=O) groups is 2. The van der Waals surface area contributed by atoms with E-state index in [9.17, 15) is 14.0 Å². The van der Waals surface area contributed by atoms with E-state index in [1.54, 1.807) is 48.4 Å². The number of ether oxygens (including phenoxy) is 1. The van der Waals surface area contributed by atoms with Crippen molar-refractivity contribution in [3.8, 4) is 5.75 Å². The maximum Gasteiger partial charge on any atom is 0.321 e. The van der Waals surface area contributed by atoms with E-state index in [0.717, 1.165) is 18.4 Å². The van der Waals surface area contributed by atoms with E-state index < -0.39 is 0 Å². The Morgan fingerprint density at radius 2 is 2.00 bits per heavy atom. The number of urea groups is 1. The zero-order valence-corrected chi connectivity index (χ0v) is 15.8. The highest BCUT2D eigenvalue weighted by Crippen LogP contribution is 2.20. The molecule has 0 aliphatic carbocycles.